The van der Waals surface area contributed by atoms with Gasteiger partial charge in [0.2, 0.25) is 0 Å². The summed E-state index contributed by atoms with van der Waals surface area (Å²) < 4.78 is 28.4. The van der Waals surface area contributed by atoms with Gasteiger partial charge in [0.15, 0.2) is 9.84 Å². The lowest BCUT2D eigenvalue weighted by Crippen LogP contribution is -2.33. The summed E-state index contributed by atoms with van der Waals surface area (Å²) in [6.07, 6.45) is 1.01. The van der Waals surface area contributed by atoms with E-state index in [-0.39, 0.29) is 16.3 Å². The van der Waals surface area contributed by atoms with Crippen molar-refractivity contribution in [2.75, 3.05) is 24.7 Å². The van der Waals surface area contributed by atoms with Crippen LogP contribution in [0.5, 0.6) is 0 Å². The van der Waals surface area contributed by atoms with E-state index in [2.05, 4.69) is 5.32 Å². The van der Waals surface area contributed by atoms with Crippen molar-refractivity contribution in [3.05, 3.63) is 28.3 Å². The molecular formula is C13H20N2O5S. The largest absolute Gasteiger partial charge is 0.377 e. The van der Waals surface area contributed by atoms with Crippen LogP contribution in [-0.2, 0) is 14.6 Å². The standard InChI is InChI=1S/C13H20N2O5S/c1-5-20-13(2,3)9-14-11-7-6-10(21(4,18)19)8-12(11)15(16)17/h6-8,14H,5,9H2,1-4H3. The highest BCUT2D eigenvalue weighted by Crippen LogP contribution is 2.28. The first kappa shape index (κ1) is 17.4. The Kier molecular flexibility index (Phi) is 5.30. The zero-order chi connectivity index (χ0) is 16.3. The van der Waals surface area contributed by atoms with Crippen molar-refractivity contribution in [2.24, 2.45) is 0 Å². The molecule has 0 heterocycles. The van der Waals surface area contributed by atoms with Crippen molar-refractivity contribution in [1.29, 1.82) is 0 Å². The fourth-order valence-electron chi connectivity index (χ4n) is 1.79. The van der Waals surface area contributed by atoms with Crippen LogP contribution >= 0.6 is 0 Å². The Balaban J connectivity index is 3.06. The van der Waals surface area contributed by atoms with E-state index in [1.165, 1.54) is 12.1 Å². The summed E-state index contributed by atoms with van der Waals surface area (Å²) in [5.74, 6) is 0. The number of hydrogen-bond acceptors (Lipinski definition) is 6. The predicted octanol–water partition coefficient (Wildman–Crippen LogP) is 2.23. The van der Waals surface area contributed by atoms with E-state index < -0.39 is 20.4 Å². The van der Waals surface area contributed by atoms with Gasteiger partial charge in [-0.15, -0.1) is 0 Å². The molecule has 0 aliphatic carbocycles. The molecule has 0 spiro atoms. The van der Waals surface area contributed by atoms with Crippen LogP contribution in [0, 0.1) is 10.1 Å². The number of nitrogens with one attached hydrogen (secondary N) is 1. The molecule has 0 saturated carbocycles. The summed E-state index contributed by atoms with van der Waals surface area (Å²) >= 11 is 0. The predicted molar refractivity (Wildman–Crippen MR) is 80.4 cm³/mol. The molecule has 1 aromatic carbocycles. The molecule has 0 radical (unpaired) electrons. The van der Waals surface area contributed by atoms with E-state index in [4.69, 9.17) is 4.74 Å². The summed E-state index contributed by atoms with van der Waals surface area (Å²) in [5, 5.41) is 14.0. The minimum atomic E-state index is -3.48. The second-order valence-electron chi connectivity index (χ2n) is 5.25. The molecule has 21 heavy (non-hydrogen) atoms. The molecule has 1 aromatic rings. The molecule has 0 amide bonds. The van der Waals surface area contributed by atoms with Gasteiger partial charge in [-0.3, -0.25) is 10.1 Å². The Morgan fingerprint density at radius 3 is 2.48 bits per heavy atom. The lowest BCUT2D eigenvalue weighted by atomic mass is 10.1. The number of hydrogen-bond donors (Lipinski definition) is 1. The van der Waals surface area contributed by atoms with Gasteiger partial charge in [0, 0.05) is 25.5 Å². The normalized spacial score (nSPS) is 12.2. The molecule has 0 aliphatic heterocycles. The topological polar surface area (TPSA) is 98.5 Å². The first-order chi connectivity index (χ1) is 9.57. The summed E-state index contributed by atoms with van der Waals surface area (Å²) in [4.78, 5) is 10.4. The third-order valence-electron chi connectivity index (χ3n) is 2.83. The first-order valence-electron chi connectivity index (χ1n) is 6.43. The van der Waals surface area contributed by atoms with Gasteiger partial charge in [0.1, 0.15) is 5.69 Å². The lowest BCUT2D eigenvalue weighted by Gasteiger charge is -2.25. The zero-order valence-corrected chi connectivity index (χ0v) is 13.4. The van der Waals surface area contributed by atoms with Crippen LogP contribution in [0.1, 0.15) is 20.8 Å². The van der Waals surface area contributed by atoms with E-state index in [0.717, 1.165) is 12.3 Å². The van der Waals surface area contributed by atoms with Gasteiger partial charge < -0.3 is 10.1 Å². The van der Waals surface area contributed by atoms with E-state index in [9.17, 15) is 18.5 Å². The van der Waals surface area contributed by atoms with Crippen molar-refractivity contribution in [1.82, 2.24) is 0 Å². The van der Waals surface area contributed by atoms with Crippen molar-refractivity contribution >= 4 is 21.2 Å². The van der Waals surface area contributed by atoms with E-state index in [0.29, 0.717) is 13.2 Å². The molecule has 1 rings (SSSR count). The number of nitrogens with zero attached hydrogens (tertiary/aromatic N) is 1. The van der Waals surface area contributed by atoms with Crippen LogP contribution in [0.3, 0.4) is 0 Å². The minimum absolute atomic E-state index is 0.0798. The van der Waals surface area contributed by atoms with Crippen molar-refractivity contribution < 1.29 is 18.1 Å². The number of rotatable bonds is 7. The molecule has 0 atom stereocenters. The molecule has 8 heteroatoms. The minimum Gasteiger partial charge on any atom is -0.377 e. The van der Waals surface area contributed by atoms with E-state index in [1.807, 2.05) is 20.8 Å². The van der Waals surface area contributed by atoms with Gasteiger partial charge >= 0.3 is 0 Å². The van der Waals surface area contributed by atoms with E-state index >= 15 is 0 Å². The SMILES string of the molecule is CCOC(C)(C)CNc1ccc(S(C)(=O)=O)cc1[N+](=O)[O-]. The second kappa shape index (κ2) is 6.40. The van der Waals surface area contributed by atoms with Crippen molar-refractivity contribution in [3.63, 3.8) is 0 Å². The molecular weight excluding hydrogens is 296 g/mol. The highest BCUT2D eigenvalue weighted by molar-refractivity contribution is 7.90. The highest BCUT2D eigenvalue weighted by atomic mass is 32.2. The molecule has 118 valence electrons. The molecule has 0 bridgehead atoms. The molecule has 0 aromatic heterocycles. The third kappa shape index (κ3) is 4.98. The van der Waals surface area contributed by atoms with Crippen LogP contribution in [0.25, 0.3) is 0 Å². The number of sulfone groups is 1. The van der Waals surface area contributed by atoms with Crippen LogP contribution in [0.15, 0.2) is 23.1 Å². The molecule has 0 saturated heterocycles. The Hall–Kier alpha value is -1.67. The number of nitro groups is 1. The summed E-state index contributed by atoms with van der Waals surface area (Å²) in [7, 11) is -3.48. The number of ether oxygens (including phenoxy) is 1. The Labute approximate surface area is 124 Å². The molecule has 0 fully saturated rings. The maximum absolute atomic E-state index is 11.5. The summed E-state index contributed by atoms with van der Waals surface area (Å²) in [6, 6.07) is 3.81. The number of nitro benzene ring substituents is 1. The molecule has 7 nitrogen and oxygen atoms in total. The van der Waals surface area contributed by atoms with Crippen molar-refractivity contribution in [2.45, 2.75) is 31.3 Å². The fraction of sp³-hybridized carbons (Fsp3) is 0.538. The van der Waals surface area contributed by atoms with Crippen LogP contribution in [0.4, 0.5) is 11.4 Å². The molecule has 1 N–H and O–H groups in total. The molecule has 0 aliphatic rings. The lowest BCUT2D eigenvalue weighted by molar-refractivity contribution is -0.384. The van der Waals surface area contributed by atoms with Gasteiger partial charge in [-0.25, -0.2) is 8.42 Å². The summed E-state index contributed by atoms with van der Waals surface area (Å²) in [5.41, 5.74) is -0.497. The van der Waals surface area contributed by atoms with E-state index in [1.54, 1.807) is 0 Å². The van der Waals surface area contributed by atoms with Gasteiger partial charge in [0.25, 0.3) is 5.69 Å². The maximum atomic E-state index is 11.5. The quantitative estimate of drug-likeness (QED) is 0.612. The Morgan fingerprint density at radius 2 is 2.00 bits per heavy atom. The average Bonchev–Trinajstić information content (AvgIpc) is 2.35. The number of benzene rings is 1. The second-order valence-corrected chi connectivity index (χ2v) is 7.27. The van der Waals surface area contributed by atoms with Gasteiger partial charge in [-0.05, 0) is 32.9 Å². The first-order valence-corrected chi connectivity index (χ1v) is 8.32. The molecule has 0 unspecified atom stereocenters. The van der Waals surface area contributed by atoms with Gasteiger partial charge in [-0.1, -0.05) is 0 Å². The van der Waals surface area contributed by atoms with Gasteiger partial charge in [-0.2, -0.15) is 0 Å². The zero-order valence-electron chi connectivity index (χ0n) is 12.5. The van der Waals surface area contributed by atoms with Gasteiger partial charge in [0.05, 0.1) is 15.4 Å². The maximum Gasteiger partial charge on any atom is 0.293 e. The Bertz CT molecular complexity index is 625. The van der Waals surface area contributed by atoms with Crippen LogP contribution < -0.4 is 5.32 Å². The highest BCUT2D eigenvalue weighted by Gasteiger charge is 2.22. The van der Waals surface area contributed by atoms with Crippen molar-refractivity contribution in [3.8, 4) is 0 Å². The summed E-state index contributed by atoms with van der Waals surface area (Å²) in [6.45, 7) is 6.48. The fourth-order valence-corrected chi connectivity index (χ4v) is 2.43. The average molecular weight is 316 g/mol. The van der Waals surface area contributed by atoms with Crippen LogP contribution in [0.2, 0.25) is 0 Å². The van der Waals surface area contributed by atoms with Crippen LogP contribution in [-0.4, -0.2) is 38.3 Å². The Morgan fingerprint density at radius 1 is 1.38 bits per heavy atom. The monoisotopic (exact) mass is 316 g/mol. The third-order valence-corrected chi connectivity index (χ3v) is 3.94. The number of anilines is 1. The smallest absolute Gasteiger partial charge is 0.293 e.